The van der Waals surface area contributed by atoms with E-state index in [0.717, 1.165) is 5.56 Å². The van der Waals surface area contributed by atoms with Gasteiger partial charge >= 0.3 is 0 Å². The van der Waals surface area contributed by atoms with Crippen LogP contribution in [0.3, 0.4) is 0 Å². The summed E-state index contributed by atoms with van der Waals surface area (Å²) in [6.07, 6.45) is 0.430. The van der Waals surface area contributed by atoms with E-state index in [0.29, 0.717) is 6.42 Å². The Bertz CT molecular complexity index is 429. The smallest absolute Gasteiger partial charge is 0.242 e. The Balaban J connectivity index is 2.84. The molecule has 2 atom stereocenters. The Hall–Kier alpha value is -1.68. The molecule has 1 amide bonds. The fourth-order valence-electron chi connectivity index (χ4n) is 2.00. The number of benzene rings is 1. The highest BCUT2D eigenvalue weighted by Crippen LogP contribution is 2.18. The number of carbonyl (C=O) groups excluding carboxylic acids is 2. The third kappa shape index (κ3) is 4.17. The van der Waals surface area contributed by atoms with Crippen LogP contribution in [0.15, 0.2) is 30.3 Å². The molecule has 1 aromatic rings. The fraction of sp³-hybridized carbons (Fsp3) is 0.467. The molecule has 0 unspecified atom stereocenters. The van der Waals surface area contributed by atoms with Crippen LogP contribution < -0.4 is 5.32 Å². The molecule has 1 N–H and O–H groups in total. The van der Waals surface area contributed by atoms with E-state index in [1.54, 1.807) is 13.8 Å². The standard InChI is InChI=1S/C15H22N2O2/c1-5-13(18)11(2)16-15(19)14(17(3)4)12-9-7-6-8-10-12/h6-11,14H,5H2,1-4H3,(H,16,19)/t11-,14+/m0/s1. The molecule has 0 spiro atoms. The predicted molar refractivity (Wildman–Crippen MR) is 75.8 cm³/mol. The fourth-order valence-corrected chi connectivity index (χ4v) is 2.00. The Morgan fingerprint density at radius 3 is 2.26 bits per heavy atom. The van der Waals surface area contributed by atoms with Gasteiger partial charge in [0, 0.05) is 6.42 Å². The molecule has 1 rings (SSSR count). The van der Waals surface area contributed by atoms with Crippen molar-refractivity contribution in [1.29, 1.82) is 0 Å². The molecule has 4 heteroatoms. The van der Waals surface area contributed by atoms with Crippen LogP contribution in [0.25, 0.3) is 0 Å². The Morgan fingerprint density at radius 2 is 1.79 bits per heavy atom. The maximum Gasteiger partial charge on any atom is 0.242 e. The molecule has 0 bridgehead atoms. The summed E-state index contributed by atoms with van der Waals surface area (Å²) in [6, 6.07) is 8.72. The van der Waals surface area contributed by atoms with E-state index in [2.05, 4.69) is 5.32 Å². The minimum Gasteiger partial charge on any atom is -0.345 e. The average molecular weight is 262 g/mol. The van der Waals surface area contributed by atoms with E-state index in [1.165, 1.54) is 0 Å². The summed E-state index contributed by atoms with van der Waals surface area (Å²) < 4.78 is 0. The lowest BCUT2D eigenvalue weighted by Gasteiger charge is -2.25. The summed E-state index contributed by atoms with van der Waals surface area (Å²) in [5, 5.41) is 2.78. The van der Waals surface area contributed by atoms with Crippen molar-refractivity contribution in [2.24, 2.45) is 0 Å². The Labute approximate surface area is 114 Å². The van der Waals surface area contributed by atoms with Gasteiger partial charge < -0.3 is 5.32 Å². The number of nitrogens with one attached hydrogen (secondary N) is 1. The first-order valence-corrected chi connectivity index (χ1v) is 6.51. The molecule has 19 heavy (non-hydrogen) atoms. The molecule has 4 nitrogen and oxygen atoms in total. The van der Waals surface area contributed by atoms with Crippen molar-refractivity contribution in [2.45, 2.75) is 32.4 Å². The number of likely N-dealkylation sites (N-methyl/N-ethyl adjacent to an activating group) is 1. The molecule has 0 aromatic heterocycles. The summed E-state index contributed by atoms with van der Waals surface area (Å²) in [5.74, 6) is -0.107. The highest BCUT2D eigenvalue weighted by molar-refractivity contribution is 5.90. The normalized spacial score (nSPS) is 13.9. The van der Waals surface area contributed by atoms with Gasteiger partial charge in [0.1, 0.15) is 6.04 Å². The molecular weight excluding hydrogens is 240 g/mol. The number of hydrogen-bond acceptors (Lipinski definition) is 3. The number of carbonyl (C=O) groups is 2. The molecule has 0 aliphatic rings. The molecule has 104 valence electrons. The lowest BCUT2D eigenvalue weighted by molar-refractivity contribution is -0.130. The number of ketones is 1. The van der Waals surface area contributed by atoms with Gasteiger partial charge in [-0.2, -0.15) is 0 Å². The van der Waals surface area contributed by atoms with Crippen LogP contribution in [0, 0.1) is 0 Å². The molecule has 0 fully saturated rings. The first kappa shape index (κ1) is 15.4. The summed E-state index contributed by atoms with van der Waals surface area (Å²) in [5.41, 5.74) is 0.918. The number of rotatable bonds is 6. The van der Waals surface area contributed by atoms with Gasteiger partial charge in [-0.1, -0.05) is 37.3 Å². The quantitative estimate of drug-likeness (QED) is 0.850. The summed E-state index contributed by atoms with van der Waals surface area (Å²) >= 11 is 0. The zero-order valence-electron chi connectivity index (χ0n) is 12.0. The topological polar surface area (TPSA) is 49.4 Å². The van der Waals surface area contributed by atoms with Gasteiger partial charge in [0.05, 0.1) is 6.04 Å². The second-order valence-corrected chi connectivity index (χ2v) is 4.83. The van der Waals surface area contributed by atoms with Crippen LogP contribution in [-0.4, -0.2) is 36.7 Å². The van der Waals surface area contributed by atoms with Crippen molar-refractivity contribution in [3.8, 4) is 0 Å². The second kappa shape index (κ2) is 7.04. The van der Waals surface area contributed by atoms with Crippen LogP contribution in [0.2, 0.25) is 0 Å². The SMILES string of the molecule is CCC(=O)[C@H](C)NC(=O)[C@@H](c1ccccc1)N(C)C. The van der Waals surface area contributed by atoms with Gasteiger partial charge in [0.2, 0.25) is 5.91 Å². The zero-order valence-corrected chi connectivity index (χ0v) is 12.0. The maximum atomic E-state index is 12.3. The third-order valence-electron chi connectivity index (χ3n) is 3.07. The van der Waals surface area contributed by atoms with Gasteiger partial charge in [-0.05, 0) is 26.6 Å². The van der Waals surface area contributed by atoms with Crippen LogP contribution in [0.4, 0.5) is 0 Å². The van der Waals surface area contributed by atoms with Crippen molar-refractivity contribution >= 4 is 11.7 Å². The minimum atomic E-state index is -0.441. The first-order valence-electron chi connectivity index (χ1n) is 6.51. The number of nitrogens with zero attached hydrogens (tertiary/aromatic N) is 1. The molecule has 0 aliphatic heterocycles. The minimum absolute atomic E-state index is 0.0407. The summed E-state index contributed by atoms with van der Waals surface area (Å²) in [7, 11) is 3.70. The van der Waals surface area contributed by atoms with Crippen LogP contribution in [0.1, 0.15) is 31.9 Å². The van der Waals surface area contributed by atoms with Crippen molar-refractivity contribution in [3.63, 3.8) is 0 Å². The van der Waals surface area contributed by atoms with Crippen LogP contribution in [-0.2, 0) is 9.59 Å². The zero-order chi connectivity index (χ0) is 14.4. The van der Waals surface area contributed by atoms with Crippen LogP contribution in [0.5, 0.6) is 0 Å². The molecule has 0 heterocycles. The highest BCUT2D eigenvalue weighted by Gasteiger charge is 2.25. The lowest BCUT2D eigenvalue weighted by atomic mass is 10.0. The number of amides is 1. The molecule has 1 aromatic carbocycles. The van der Waals surface area contributed by atoms with Gasteiger partial charge in [0.15, 0.2) is 5.78 Å². The van der Waals surface area contributed by atoms with E-state index in [-0.39, 0.29) is 17.7 Å². The third-order valence-corrected chi connectivity index (χ3v) is 3.07. The molecule has 0 aliphatic carbocycles. The maximum absolute atomic E-state index is 12.3. The molecule has 0 saturated carbocycles. The van der Waals surface area contributed by atoms with E-state index < -0.39 is 6.04 Å². The predicted octanol–water partition coefficient (Wildman–Crippen LogP) is 1.77. The van der Waals surface area contributed by atoms with Crippen molar-refractivity contribution in [1.82, 2.24) is 10.2 Å². The van der Waals surface area contributed by atoms with E-state index in [1.807, 2.05) is 49.3 Å². The van der Waals surface area contributed by atoms with E-state index in [9.17, 15) is 9.59 Å². The number of hydrogen-bond donors (Lipinski definition) is 1. The van der Waals surface area contributed by atoms with Crippen LogP contribution >= 0.6 is 0 Å². The Kier molecular flexibility index (Phi) is 5.70. The van der Waals surface area contributed by atoms with Crippen molar-refractivity contribution < 1.29 is 9.59 Å². The summed E-state index contributed by atoms with van der Waals surface area (Å²) in [4.78, 5) is 25.7. The van der Waals surface area contributed by atoms with E-state index >= 15 is 0 Å². The Morgan fingerprint density at radius 1 is 1.21 bits per heavy atom. The number of Topliss-reactive ketones (excluding diaryl/α,β-unsaturated/α-hetero) is 1. The summed E-state index contributed by atoms with van der Waals surface area (Å²) in [6.45, 7) is 3.52. The largest absolute Gasteiger partial charge is 0.345 e. The van der Waals surface area contributed by atoms with Gasteiger partial charge in [-0.25, -0.2) is 0 Å². The highest BCUT2D eigenvalue weighted by atomic mass is 16.2. The molecular formula is C15H22N2O2. The lowest BCUT2D eigenvalue weighted by Crippen LogP contribution is -2.44. The monoisotopic (exact) mass is 262 g/mol. The van der Waals surface area contributed by atoms with Gasteiger partial charge in [0.25, 0.3) is 0 Å². The van der Waals surface area contributed by atoms with Crippen molar-refractivity contribution in [3.05, 3.63) is 35.9 Å². The van der Waals surface area contributed by atoms with E-state index in [4.69, 9.17) is 0 Å². The molecule has 0 radical (unpaired) electrons. The average Bonchev–Trinajstić information content (AvgIpc) is 2.38. The van der Waals surface area contributed by atoms with Gasteiger partial charge in [-0.3, -0.25) is 14.5 Å². The molecule has 0 saturated heterocycles. The first-order chi connectivity index (χ1) is 8.97. The van der Waals surface area contributed by atoms with Gasteiger partial charge in [-0.15, -0.1) is 0 Å². The van der Waals surface area contributed by atoms with Crippen molar-refractivity contribution in [2.75, 3.05) is 14.1 Å². The second-order valence-electron chi connectivity index (χ2n) is 4.83.